The summed E-state index contributed by atoms with van der Waals surface area (Å²) in [6.07, 6.45) is -5.67. The van der Waals surface area contributed by atoms with Gasteiger partial charge in [0.15, 0.2) is 0 Å². The Bertz CT molecular complexity index is 1160. The fourth-order valence-corrected chi connectivity index (χ4v) is 5.20. The average molecular weight is 541 g/mol. The Morgan fingerprint density at radius 1 is 1.08 bits per heavy atom. The molecule has 2 atom stereocenters. The molecule has 1 aliphatic heterocycles. The number of hydrogen-bond acceptors (Lipinski definition) is 4. The molecule has 206 valence electrons. The van der Waals surface area contributed by atoms with Crippen molar-refractivity contribution in [3.05, 3.63) is 65.2 Å². The zero-order chi connectivity index (χ0) is 27.7. The maximum atomic E-state index is 14.1. The van der Waals surface area contributed by atoms with Crippen LogP contribution in [0.3, 0.4) is 0 Å². The van der Waals surface area contributed by atoms with E-state index in [0.29, 0.717) is 18.5 Å². The third-order valence-corrected chi connectivity index (χ3v) is 7.45. The van der Waals surface area contributed by atoms with E-state index in [1.807, 2.05) is 4.90 Å². The number of alkyl halides is 5. The molecule has 2 fully saturated rings. The van der Waals surface area contributed by atoms with E-state index in [0.717, 1.165) is 12.1 Å². The van der Waals surface area contributed by atoms with Gasteiger partial charge in [0, 0.05) is 25.9 Å². The predicted molar refractivity (Wildman–Crippen MR) is 128 cm³/mol. The first kappa shape index (κ1) is 27.8. The summed E-state index contributed by atoms with van der Waals surface area (Å²) in [7, 11) is 0. The summed E-state index contributed by atoms with van der Waals surface area (Å²) < 4.78 is 73.3. The highest BCUT2D eigenvalue weighted by atomic mass is 19.4. The monoisotopic (exact) mass is 540 g/mol. The van der Waals surface area contributed by atoms with E-state index in [-0.39, 0.29) is 30.7 Å². The number of halogens is 5. The van der Waals surface area contributed by atoms with Gasteiger partial charge in [-0.1, -0.05) is 18.2 Å². The number of carbonyl (C=O) groups excluding carboxylic acids is 1. The van der Waals surface area contributed by atoms with Crippen molar-refractivity contribution >= 4 is 11.9 Å². The van der Waals surface area contributed by atoms with Crippen LogP contribution in [0.1, 0.15) is 66.6 Å². The highest BCUT2D eigenvalue weighted by Gasteiger charge is 2.53. The Morgan fingerprint density at radius 2 is 1.74 bits per heavy atom. The van der Waals surface area contributed by atoms with Crippen molar-refractivity contribution in [3.8, 4) is 5.75 Å². The number of nitrogens with one attached hydrogen (secondary N) is 1. The number of carbonyl (C=O) groups is 2. The first-order chi connectivity index (χ1) is 17.8. The second kappa shape index (κ2) is 10.5. The quantitative estimate of drug-likeness (QED) is 0.442. The number of benzene rings is 2. The van der Waals surface area contributed by atoms with Crippen LogP contribution in [0.25, 0.3) is 0 Å². The number of carboxylic acid groups (broad SMARTS) is 1. The van der Waals surface area contributed by atoms with Gasteiger partial charge in [0.25, 0.3) is 0 Å². The highest BCUT2D eigenvalue weighted by Crippen LogP contribution is 2.43. The van der Waals surface area contributed by atoms with Gasteiger partial charge >= 0.3 is 12.1 Å². The number of amides is 1. The lowest BCUT2D eigenvalue weighted by atomic mass is 9.77. The van der Waals surface area contributed by atoms with Gasteiger partial charge in [0.2, 0.25) is 11.8 Å². The zero-order valence-corrected chi connectivity index (χ0v) is 20.7. The van der Waals surface area contributed by atoms with E-state index in [1.165, 1.54) is 24.3 Å². The van der Waals surface area contributed by atoms with Crippen LogP contribution in [-0.2, 0) is 11.0 Å². The molecule has 6 nitrogen and oxygen atoms in total. The number of ether oxygens (including phenoxy) is 1. The minimum Gasteiger partial charge on any atom is -0.489 e. The van der Waals surface area contributed by atoms with Crippen LogP contribution < -0.4 is 10.1 Å². The van der Waals surface area contributed by atoms with Crippen LogP contribution in [0.2, 0.25) is 0 Å². The van der Waals surface area contributed by atoms with Crippen molar-refractivity contribution in [1.29, 1.82) is 0 Å². The van der Waals surface area contributed by atoms with E-state index < -0.39 is 60.1 Å². The molecule has 1 saturated heterocycles. The standard InChI is InChI=1S/C27H29F5N2O4/c1-17(18-5-7-19(8-6-18)23(35)36)33-24(37)25(10-12-26(28,29)13-11-25)34-14-9-22(16-34)38-21-4-2-3-20(15-21)27(30,31)32/h2-8,15,17,22H,9-14,16H2,1H3,(H,33,37)(H,35,36)/t17?,22-/m1/s1. The van der Waals surface area contributed by atoms with Gasteiger partial charge in [-0.2, -0.15) is 13.2 Å². The number of hydrogen-bond donors (Lipinski definition) is 2. The molecule has 38 heavy (non-hydrogen) atoms. The van der Waals surface area contributed by atoms with Crippen LogP contribution in [0, 0.1) is 0 Å². The molecule has 1 saturated carbocycles. The van der Waals surface area contributed by atoms with E-state index in [9.17, 15) is 31.5 Å². The molecular formula is C27H29F5N2O4. The Morgan fingerprint density at radius 3 is 2.34 bits per heavy atom. The largest absolute Gasteiger partial charge is 0.489 e. The second-order valence-electron chi connectivity index (χ2n) is 10.0. The lowest BCUT2D eigenvalue weighted by molar-refractivity contribution is -0.143. The van der Waals surface area contributed by atoms with Crippen molar-refractivity contribution < 1.29 is 41.4 Å². The summed E-state index contributed by atoms with van der Waals surface area (Å²) in [5.74, 6) is -4.32. The van der Waals surface area contributed by atoms with Crippen molar-refractivity contribution in [1.82, 2.24) is 10.2 Å². The van der Waals surface area contributed by atoms with Crippen LogP contribution in [0.4, 0.5) is 22.0 Å². The number of rotatable bonds is 7. The molecule has 1 heterocycles. The molecule has 1 amide bonds. The Kier molecular flexibility index (Phi) is 7.69. The summed E-state index contributed by atoms with van der Waals surface area (Å²) in [4.78, 5) is 26.6. The minimum atomic E-state index is -4.51. The third kappa shape index (κ3) is 6.09. The summed E-state index contributed by atoms with van der Waals surface area (Å²) >= 11 is 0. The molecule has 0 bridgehead atoms. The molecule has 11 heteroatoms. The minimum absolute atomic E-state index is 0.0544. The molecule has 4 rings (SSSR count). The Balaban J connectivity index is 1.49. The van der Waals surface area contributed by atoms with Gasteiger partial charge in [0.05, 0.1) is 17.2 Å². The van der Waals surface area contributed by atoms with Crippen molar-refractivity contribution in [2.45, 2.75) is 68.8 Å². The lowest BCUT2D eigenvalue weighted by Crippen LogP contribution is -2.61. The van der Waals surface area contributed by atoms with Crippen molar-refractivity contribution in [2.24, 2.45) is 0 Å². The van der Waals surface area contributed by atoms with E-state index >= 15 is 0 Å². The van der Waals surface area contributed by atoms with Gasteiger partial charge in [-0.25, -0.2) is 13.6 Å². The van der Waals surface area contributed by atoms with Crippen LogP contribution in [0.5, 0.6) is 5.75 Å². The fourth-order valence-electron chi connectivity index (χ4n) is 5.20. The number of likely N-dealkylation sites (tertiary alicyclic amines) is 1. The van der Waals surface area contributed by atoms with Crippen LogP contribution in [0.15, 0.2) is 48.5 Å². The second-order valence-corrected chi connectivity index (χ2v) is 10.0. The molecule has 1 unspecified atom stereocenters. The Labute approximate surface area is 216 Å². The maximum Gasteiger partial charge on any atom is 0.416 e. The van der Waals surface area contributed by atoms with Crippen LogP contribution in [-0.4, -0.2) is 52.5 Å². The zero-order valence-electron chi connectivity index (χ0n) is 20.7. The summed E-state index contributed by atoms with van der Waals surface area (Å²) in [6, 6.07) is 10.1. The topological polar surface area (TPSA) is 78.9 Å². The summed E-state index contributed by atoms with van der Waals surface area (Å²) in [5.41, 5.74) is -1.29. The number of aromatic carboxylic acids is 1. The smallest absolute Gasteiger partial charge is 0.416 e. The fraction of sp³-hybridized carbons (Fsp3) is 0.481. The Hall–Kier alpha value is -3.21. The van der Waals surface area contributed by atoms with E-state index in [4.69, 9.17) is 9.84 Å². The molecule has 2 aliphatic rings. The maximum absolute atomic E-state index is 14.1. The molecule has 2 N–H and O–H groups in total. The van der Waals surface area contributed by atoms with E-state index in [1.54, 1.807) is 19.1 Å². The SMILES string of the molecule is CC(NC(=O)C1(N2CC[C@@H](Oc3cccc(C(F)(F)F)c3)C2)CCC(F)(F)CC1)c1ccc(C(=O)O)cc1. The van der Waals surface area contributed by atoms with Crippen molar-refractivity contribution in [3.63, 3.8) is 0 Å². The normalized spacial score (nSPS) is 22.0. The molecule has 0 radical (unpaired) electrons. The van der Waals surface area contributed by atoms with Gasteiger partial charge in [-0.15, -0.1) is 0 Å². The van der Waals surface area contributed by atoms with Gasteiger partial charge in [-0.3, -0.25) is 9.69 Å². The van der Waals surface area contributed by atoms with Crippen molar-refractivity contribution in [2.75, 3.05) is 13.1 Å². The highest BCUT2D eigenvalue weighted by molar-refractivity contribution is 5.88. The molecule has 2 aromatic carbocycles. The van der Waals surface area contributed by atoms with Gasteiger partial charge < -0.3 is 15.2 Å². The number of nitrogens with zero attached hydrogens (tertiary/aromatic N) is 1. The van der Waals surface area contributed by atoms with E-state index in [2.05, 4.69) is 5.32 Å². The van der Waals surface area contributed by atoms with Crippen LogP contribution >= 0.6 is 0 Å². The van der Waals surface area contributed by atoms with Gasteiger partial charge in [0.1, 0.15) is 17.4 Å². The summed E-state index contributed by atoms with van der Waals surface area (Å²) in [6.45, 7) is 2.30. The molecule has 1 aliphatic carbocycles. The summed E-state index contributed by atoms with van der Waals surface area (Å²) in [5, 5.41) is 12.0. The first-order valence-corrected chi connectivity index (χ1v) is 12.4. The number of carboxylic acids is 1. The predicted octanol–water partition coefficient (Wildman–Crippen LogP) is 5.68. The molecular weight excluding hydrogens is 511 g/mol. The third-order valence-electron chi connectivity index (χ3n) is 7.45. The average Bonchev–Trinajstić information content (AvgIpc) is 3.32. The van der Waals surface area contributed by atoms with Gasteiger partial charge in [-0.05, 0) is 62.1 Å². The molecule has 0 aromatic heterocycles. The molecule has 2 aromatic rings. The lowest BCUT2D eigenvalue weighted by Gasteiger charge is -2.45. The first-order valence-electron chi connectivity index (χ1n) is 12.4. The molecule has 0 spiro atoms.